The lowest BCUT2D eigenvalue weighted by molar-refractivity contribution is -0.152. The largest absolute Gasteiger partial charge is 0.480 e. The number of nitrogens with zero attached hydrogens (tertiary/aromatic N) is 7. The zero-order valence-corrected chi connectivity index (χ0v) is 30.0. The number of hydrogen-bond acceptors (Lipinski definition) is 8. The zero-order valence-electron chi connectivity index (χ0n) is 27.7. The van der Waals surface area contributed by atoms with Gasteiger partial charge in [0.1, 0.15) is 23.9 Å². The quantitative estimate of drug-likeness (QED) is 0.236. The van der Waals surface area contributed by atoms with Gasteiger partial charge < -0.3 is 10.0 Å². The predicted molar refractivity (Wildman–Crippen MR) is 187 cm³/mol. The molecular weight excluding hydrogens is 705 g/mol. The van der Waals surface area contributed by atoms with Gasteiger partial charge in [0.15, 0.2) is 5.03 Å². The molecule has 3 atom stereocenters. The van der Waals surface area contributed by atoms with Crippen molar-refractivity contribution >= 4 is 62.6 Å². The van der Waals surface area contributed by atoms with Crippen molar-refractivity contribution in [2.45, 2.75) is 62.7 Å². The maximum Gasteiger partial charge on any atom is 0.326 e. The average molecular weight is 741 g/mol. The Kier molecular flexibility index (Phi) is 9.50. The minimum Gasteiger partial charge on any atom is -0.480 e. The van der Waals surface area contributed by atoms with E-state index in [9.17, 15) is 27.9 Å². The molecule has 13 nitrogen and oxygen atoms in total. The van der Waals surface area contributed by atoms with Crippen molar-refractivity contribution in [1.29, 1.82) is 0 Å². The van der Waals surface area contributed by atoms with Gasteiger partial charge in [-0.2, -0.15) is 4.31 Å². The number of aromatic nitrogens is 4. The minimum absolute atomic E-state index is 0.0233. The van der Waals surface area contributed by atoms with Gasteiger partial charge in [0.05, 0.1) is 11.9 Å². The van der Waals surface area contributed by atoms with Gasteiger partial charge in [0.2, 0.25) is 11.9 Å². The maximum absolute atomic E-state index is 14.6. The Hall–Kier alpha value is -4.37. The SMILES string of the molecule is CC(C)[C@@H](C(=O)O)N(C)C(=O)[C@@H]1CCCN1S(=O)(=O)c1cnc2n1[C@](C)(Cc1ccc(-c3cncnc3)cc1)C(=O)N2c1cc(Cl)cc(Cl)c1. The van der Waals surface area contributed by atoms with Crippen LogP contribution in [0.2, 0.25) is 10.0 Å². The van der Waals surface area contributed by atoms with E-state index in [-0.39, 0.29) is 40.4 Å². The van der Waals surface area contributed by atoms with E-state index in [2.05, 4.69) is 15.0 Å². The summed E-state index contributed by atoms with van der Waals surface area (Å²) in [6.45, 7) is 5.03. The van der Waals surface area contributed by atoms with Crippen molar-refractivity contribution in [2.24, 2.45) is 5.92 Å². The zero-order chi connectivity index (χ0) is 36.1. The van der Waals surface area contributed by atoms with Crippen LogP contribution in [0, 0.1) is 5.92 Å². The Morgan fingerprint density at radius 3 is 2.28 bits per heavy atom. The lowest BCUT2D eigenvalue weighted by Crippen LogP contribution is -2.53. The molecule has 0 bridgehead atoms. The van der Waals surface area contributed by atoms with Gasteiger partial charge in [0, 0.05) is 48.0 Å². The van der Waals surface area contributed by atoms with Crippen LogP contribution in [0.5, 0.6) is 0 Å². The number of amides is 2. The average Bonchev–Trinajstić information content (AvgIpc) is 3.78. The summed E-state index contributed by atoms with van der Waals surface area (Å²) in [7, 11) is -3.10. The number of sulfonamides is 1. The van der Waals surface area contributed by atoms with E-state index >= 15 is 0 Å². The Labute approximate surface area is 299 Å². The molecule has 1 fully saturated rings. The van der Waals surface area contributed by atoms with Gasteiger partial charge in [-0.15, -0.1) is 0 Å². The highest BCUT2D eigenvalue weighted by atomic mass is 35.5. The molecule has 1 saturated heterocycles. The number of carboxylic acids is 1. The smallest absolute Gasteiger partial charge is 0.326 e. The summed E-state index contributed by atoms with van der Waals surface area (Å²) in [6, 6.07) is 9.76. The van der Waals surface area contributed by atoms with Gasteiger partial charge in [-0.05, 0) is 55.0 Å². The monoisotopic (exact) mass is 739 g/mol. The minimum atomic E-state index is -4.47. The van der Waals surface area contributed by atoms with Gasteiger partial charge >= 0.3 is 5.97 Å². The first kappa shape index (κ1) is 35.5. The second kappa shape index (κ2) is 13.4. The summed E-state index contributed by atoms with van der Waals surface area (Å²) in [4.78, 5) is 55.3. The fourth-order valence-electron chi connectivity index (χ4n) is 6.94. The van der Waals surface area contributed by atoms with Crippen LogP contribution < -0.4 is 4.90 Å². The first-order valence-electron chi connectivity index (χ1n) is 15.9. The maximum atomic E-state index is 14.6. The molecule has 6 rings (SSSR count). The van der Waals surface area contributed by atoms with Crippen molar-refractivity contribution in [3.8, 4) is 11.1 Å². The van der Waals surface area contributed by atoms with E-state index < -0.39 is 51.3 Å². The standard InChI is InChI=1S/C34H35Cl2N7O6S/c1-20(2)29(31(45)46)40(4)30(44)27-6-5-11-41(27)50(48,49)28-18-39-33-42(26-13-24(35)12-25(36)14-26)32(47)34(3,43(28)33)15-21-7-9-22(10-8-21)23-16-37-19-38-17-23/h7-10,12-14,16-20,27,29H,5-6,11,15H2,1-4H3,(H,45,46)/t27-,29-,34+/m0/s1. The van der Waals surface area contributed by atoms with Crippen LogP contribution in [0.15, 0.2) is 72.4 Å². The van der Waals surface area contributed by atoms with Crippen molar-refractivity contribution in [3.05, 3.63) is 83.0 Å². The highest BCUT2D eigenvalue weighted by molar-refractivity contribution is 7.89. The fourth-order valence-corrected chi connectivity index (χ4v) is 9.29. The summed E-state index contributed by atoms with van der Waals surface area (Å²) >= 11 is 12.7. The third kappa shape index (κ3) is 6.14. The molecule has 2 aliphatic heterocycles. The number of rotatable bonds is 10. The fraction of sp³-hybridized carbons (Fsp3) is 0.353. The lowest BCUT2D eigenvalue weighted by atomic mass is 9.91. The molecule has 0 radical (unpaired) electrons. The number of likely N-dealkylation sites (N-methyl/N-ethyl adjacent to an activating group) is 1. The van der Waals surface area contributed by atoms with E-state index in [0.717, 1.165) is 25.9 Å². The molecule has 0 saturated carbocycles. The number of imidazole rings is 1. The number of benzene rings is 2. The third-order valence-corrected chi connectivity index (χ3v) is 11.6. The molecular formula is C34H35Cl2N7O6S. The van der Waals surface area contributed by atoms with Gasteiger partial charge in [-0.1, -0.05) is 61.3 Å². The van der Waals surface area contributed by atoms with Gasteiger partial charge in [-0.25, -0.2) is 33.1 Å². The van der Waals surface area contributed by atoms with Crippen LogP contribution >= 0.6 is 23.2 Å². The van der Waals surface area contributed by atoms with Crippen LogP contribution in [0.1, 0.15) is 39.2 Å². The number of halogens is 2. The summed E-state index contributed by atoms with van der Waals surface area (Å²) in [6.07, 6.45) is 6.66. The van der Waals surface area contributed by atoms with E-state index in [0.29, 0.717) is 12.1 Å². The van der Waals surface area contributed by atoms with Crippen LogP contribution in [0.4, 0.5) is 11.6 Å². The Morgan fingerprint density at radius 1 is 1.04 bits per heavy atom. The number of fused-ring (bicyclic) bond motifs is 1. The van der Waals surface area contributed by atoms with Crippen LogP contribution in [0.25, 0.3) is 11.1 Å². The first-order chi connectivity index (χ1) is 23.6. The van der Waals surface area contributed by atoms with E-state index in [4.69, 9.17) is 23.2 Å². The van der Waals surface area contributed by atoms with Crippen molar-refractivity contribution < 1.29 is 27.9 Å². The van der Waals surface area contributed by atoms with Crippen LogP contribution in [0.3, 0.4) is 0 Å². The number of aliphatic carboxylic acids is 1. The lowest BCUT2D eigenvalue weighted by Gasteiger charge is -2.33. The molecule has 2 aliphatic rings. The molecule has 16 heteroatoms. The predicted octanol–water partition coefficient (Wildman–Crippen LogP) is 5.00. The number of carboxylic acid groups (broad SMARTS) is 1. The molecule has 50 heavy (non-hydrogen) atoms. The Balaban J connectivity index is 1.43. The molecule has 2 amide bonds. The highest BCUT2D eigenvalue weighted by Gasteiger charge is 2.53. The van der Waals surface area contributed by atoms with Crippen molar-refractivity contribution in [1.82, 2.24) is 28.7 Å². The molecule has 0 aliphatic carbocycles. The molecule has 0 spiro atoms. The molecule has 2 aromatic carbocycles. The van der Waals surface area contributed by atoms with Crippen molar-refractivity contribution in [3.63, 3.8) is 0 Å². The molecule has 262 valence electrons. The van der Waals surface area contributed by atoms with Gasteiger partial charge in [-0.3, -0.25) is 14.2 Å². The second-order valence-corrected chi connectivity index (χ2v) is 15.7. The number of hydrogen-bond donors (Lipinski definition) is 1. The van der Waals surface area contributed by atoms with Crippen molar-refractivity contribution in [2.75, 3.05) is 18.5 Å². The molecule has 1 N–H and O–H groups in total. The summed E-state index contributed by atoms with van der Waals surface area (Å²) in [5.41, 5.74) is 1.19. The van der Waals surface area contributed by atoms with Gasteiger partial charge in [0.25, 0.3) is 15.9 Å². The second-order valence-electron chi connectivity index (χ2n) is 13.0. The highest BCUT2D eigenvalue weighted by Crippen LogP contribution is 2.45. The van der Waals surface area contributed by atoms with E-state index in [1.165, 1.54) is 35.1 Å². The molecule has 2 aromatic heterocycles. The topological polar surface area (TPSA) is 159 Å². The molecule has 4 heterocycles. The van der Waals surface area contributed by atoms with Crippen LogP contribution in [-0.4, -0.2) is 85.7 Å². The summed E-state index contributed by atoms with van der Waals surface area (Å²) in [5, 5.41) is 10.1. The number of carbonyl (C=O) groups excluding carboxylic acids is 2. The third-order valence-electron chi connectivity index (χ3n) is 9.28. The number of carbonyl (C=O) groups is 3. The Bertz CT molecular complexity index is 2060. The molecule has 0 unspecified atom stereocenters. The molecule has 4 aromatic rings. The Morgan fingerprint density at radius 2 is 1.68 bits per heavy atom. The summed E-state index contributed by atoms with van der Waals surface area (Å²) < 4.78 is 31.7. The van der Waals surface area contributed by atoms with E-state index in [1.807, 2.05) is 24.3 Å². The van der Waals surface area contributed by atoms with E-state index in [1.54, 1.807) is 45.3 Å². The summed E-state index contributed by atoms with van der Waals surface area (Å²) in [5.74, 6) is -2.65. The number of anilines is 2. The van der Waals surface area contributed by atoms with Crippen LogP contribution in [-0.2, 0) is 36.4 Å². The first-order valence-corrected chi connectivity index (χ1v) is 18.1. The normalized spacial score (nSPS) is 19.9.